The molecule has 2 aromatic heterocycles. The Kier molecular flexibility index (Phi) is 4.83. The number of ether oxygens (including phenoxy) is 1. The molecule has 27 heavy (non-hydrogen) atoms. The van der Waals surface area contributed by atoms with Gasteiger partial charge in [-0.1, -0.05) is 0 Å². The first-order chi connectivity index (χ1) is 13.1. The van der Waals surface area contributed by atoms with Gasteiger partial charge in [0.2, 0.25) is 5.91 Å². The first kappa shape index (κ1) is 17.6. The molecule has 3 aromatic rings. The average molecular weight is 369 g/mol. The summed E-state index contributed by atoms with van der Waals surface area (Å²) >= 11 is 0. The molecular weight excluding hydrogens is 349 g/mol. The van der Waals surface area contributed by atoms with E-state index in [0.29, 0.717) is 37.6 Å². The standard InChI is InChI=1S/C19H20FN5O2/c1-12(26)23-14-2-3-18-17(6-14)24-19-11-27-10-15(25(18)19)8-22-7-13-4-5-21-9-16(13)20/h2-6,9,15,22H,7-8,10-11H2,1H3,(H,23,26). The molecule has 1 amide bonds. The number of nitrogens with zero attached hydrogens (tertiary/aromatic N) is 3. The van der Waals surface area contributed by atoms with E-state index in [1.807, 2.05) is 18.2 Å². The zero-order valence-corrected chi connectivity index (χ0v) is 14.9. The van der Waals surface area contributed by atoms with Crippen LogP contribution in [-0.2, 0) is 22.7 Å². The van der Waals surface area contributed by atoms with Crippen molar-refractivity contribution in [2.24, 2.45) is 0 Å². The van der Waals surface area contributed by atoms with Crippen LogP contribution in [0.4, 0.5) is 10.1 Å². The van der Waals surface area contributed by atoms with Gasteiger partial charge in [0.05, 0.1) is 29.9 Å². The third-order valence-electron chi connectivity index (χ3n) is 4.54. The van der Waals surface area contributed by atoms with Crippen LogP contribution in [0, 0.1) is 5.82 Å². The Labute approximate surface area is 155 Å². The molecule has 1 aromatic carbocycles. The summed E-state index contributed by atoms with van der Waals surface area (Å²) in [5, 5.41) is 6.07. The number of pyridine rings is 1. The van der Waals surface area contributed by atoms with Crippen molar-refractivity contribution in [2.75, 3.05) is 18.5 Å². The van der Waals surface area contributed by atoms with Gasteiger partial charge in [0, 0.05) is 37.5 Å². The lowest BCUT2D eigenvalue weighted by atomic mass is 10.2. The number of fused-ring (bicyclic) bond motifs is 3. The fourth-order valence-corrected chi connectivity index (χ4v) is 3.37. The Morgan fingerprint density at radius 2 is 2.30 bits per heavy atom. The van der Waals surface area contributed by atoms with E-state index in [4.69, 9.17) is 4.74 Å². The quantitative estimate of drug-likeness (QED) is 0.722. The normalized spacial score (nSPS) is 16.3. The molecule has 2 N–H and O–H groups in total. The second-order valence-electron chi connectivity index (χ2n) is 6.55. The number of carbonyl (C=O) groups excluding carboxylic acids is 1. The van der Waals surface area contributed by atoms with Crippen LogP contribution in [0.25, 0.3) is 11.0 Å². The third-order valence-corrected chi connectivity index (χ3v) is 4.54. The van der Waals surface area contributed by atoms with Crippen LogP contribution in [-0.4, -0.2) is 33.6 Å². The van der Waals surface area contributed by atoms with Gasteiger partial charge in [-0.3, -0.25) is 9.78 Å². The van der Waals surface area contributed by atoms with Gasteiger partial charge in [0.15, 0.2) is 0 Å². The van der Waals surface area contributed by atoms with Crippen LogP contribution in [0.3, 0.4) is 0 Å². The number of nitrogens with one attached hydrogen (secondary N) is 2. The van der Waals surface area contributed by atoms with Crippen LogP contribution in [0.1, 0.15) is 24.4 Å². The molecule has 3 heterocycles. The number of hydrogen-bond acceptors (Lipinski definition) is 5. The highest BCUT2D eigenvalue weighted by Gasteiger charge is 2.24. The summed E-state index contributed by atoms with van der Waals surface area (Å²) in [6, 6.07) is 7.40. The van der Waals surface area contributed by atoms with Gasteiger partial charge in [-0.2, -0.15) is 0 Å². The first-order valence-corrected chi connectivity index (χ1v) is 8.77. The van der Waals surface area contributed by atoms with E-state index in [9.17, 15) is 9.18 Å². The van der Waals surface area contributed by atoms with E-state index in [0.717, 1.165) is 16.9 Å². The molecule has 1 aliphatic heterocycles. The monoisotopic (exact) mass is 369 g/mol. The minimum Gasteiger partial charge on any atom is -0.371 e. The highest BCUT2D eigenvalue weighted by molar-refractivity contribution is 5.91. The molecule has 0 aliphatic carbocycles. The third kappa shape index (κ3) is 3.67. The Balaban J connectivity index is 1.53. The fraction of sp³-hybridized carbons (Fsp3) is 0.316. The van der Waals surface area contributed by atoms with Crippen molar-refractivity contribution in [3.8, 4) is 0 Å². The number of imidazole rings is 1. The predicted octanol–water partition coefficient (Wildman–Crippen LogP) is 2.39. The summed E-state index contributed by atoms with van der Waals surface area (Å²) in [6.07, 6.45) is 2.80. The molecule has 1 atom stereocenters. The van der Waals surface area contributed by atoms with Gasteiger partial charge in [-0.05, 0) is 24.3 Å². The van der Waals surface area contributed by atoms with Crippen LogP contribution in [0.5, 0.6) is 0 Å². The van der Waals surface area contributed by atoms with E-state index in [1.54, 1.807) is 12.3 Å². The molecule has 7 nitrogen and oxygen atoms in total. The van der Waals surface area contributed by atoms with E-state index in [-0.39, 0.29) is 17.8 Å². The Morgan fingerprint density at radius 1 is 1.41 bits per heavy atom. The lowest BCUT2D eigenvalue weighted by Crippen LogP contribution is -2.32. The van der Waals surface area contributed by atoms with Gasteiger partial charge < -0.3 is 19.9 Å². The van der Waals surface area contributed by atoms with Gasteiger partial charge in [-0.25, -0.2) is 9.37 Å². The minimum absolute atomic E-state index is 0.0512. The maximum absolute atomic E-state index is 13.7. The van der Waals surface area contributed by atoms with Crippen molar-refractivity contribution in [1.82, 2.24) is 19.9 Å². The van der Waals surface area contributed by atoms with E-state index >= 15 is 0 Å². The van der Waals surface area contributed by atoms with E-state index in [1.165, 1.54) is 13.1 Å². The number of anilines is 1. The highest BCUT2D eigenvalue weighted by Crippen LogP contribution is 2.27. The fourth-order valence-electron chi connectivity index (χ4n) is 3.37. The van der Waals surface area contributed by atoms with Gasteiger partial charge in [0.25, 0.3) is 0 Å². The smallest absolute Gasteiger partial charge is 0.221 e. The highest BCUT2D eigenvalue weighted by atomic mass is 19.1. The van der Waals surface area contributed by atoms with E-state index in [2.05, 4.69) is 25.2 Å². The lowest BCUT2D eigenvalue weighted by molar-refractivity contribution is -0.114. The van der Waals surface area contributed by atoms with E-state index < -0.39 is 0 Å². The first-order valence-electron chi connectivity index (χ1n) is 8.77. The second kappa shape index (κ2) is 7.42. The van der Waals surface area contributed by atoms with Crippen LogP contribution in [0.15, 0.2) is 36.7 Å². The number of amides is 1. The van der Waals surface area contributed by atoms with Gasteiger partial charge in [0.1, 0.15) is 18.2 Å². The van der Waals surface area contributed by atoms with Gasteiger partial charge in [-0.15, -0.1) is 0 Å². The van der Waals surface area contributed by atoms with Crippen molar-refractivity contribution in [3.05, 3.63) is 53.9 Å². The van der Waals surface area contributed by atoms with Crippen molar-refractivity contribution in [1.29, 1.82) is 0 Å². The molecule has 0 fully saturated rings. The van der Waals surface area contributed by atoms with Crippen LogP contribution in [0.2, 0.25) is 0 Å². The van der Waals surface area contributed by atoms with Crippen molar-refractivity contribution in [2.45, 2.75) is 26.1 Å². The molecule has 4 rings (SSSR count). The Bertz CT molecular complexity index is 987. The summed E-state index contributed by atoms with van der Waals surface area (Å²) in [5.74, 6) is 0.411. The summed E-state index contributed by atoms with van der Waals surface area (Å²) in [7, 11) is 0. The molecule has 0 radical (unpaired) electrons. The molecular formula is C19H20FN5O2. The van der Waals surface area contributed by atoms with Crippen molar-refractivity contribution < 1.29 is 13.9 Å². The molecule has 1 unspecified atom stereocenters. The summed E-state index contributed by atoms with van der Waals surface area (Å²) < 4.78 is 21.6. The van der Waals surface area contributed by atoms with Crippen molar-refractivity contribution >= 4 is 22.6 Å². The number of aromatic nitrogens is 3. The maximum atomic E-state index is 13.7. The summed E-state index contributed by atoms with van der Waals surface area (Å²) in [5.41, 5.74) is 3.10. The average Bonchev–Trinajstić information content (AvgIpc) is 3.01. The van der Waals surface area contributed by atoms with Crippen LogP contribution >= 0.6 is 0 Å². The lowest BCUT2D eigenvalue weighted by Gasteiger charge is -2.26. The van der Waals surface area contributed by atoms with Crippen molar-refractivity contribution in [3.63, 3.8) is 0 Å². The molecule has 0 bridgehead atoms. The molecule has 0 saturated heterocycles. The summed E-state index contributed by atoms with van der Waals surface area (Å²) in [4.78, 5) is 19.7. The number of rotatable bonds is 5. The van der Waals surface area contributed by atoms with Crippen LogP contribution < -0.4 is 10.6 Å². The SMILES string of the molecule is CC(=O)Nc1ccc2c(c1)nc1n2C(CNCc2ccncc2F)COC1. The maximum Gasteiger partial charge on any atom is 0.221 e. The molecule has 0 spiro atoms. The number of benzene rings is 1. The largest absolute Gasteiger partial charge is 0.371 e. The molecule has 8 heteroatoms. The van der Waals surface area contributed by atoms with Gasteiger partial charge >= 0.3 is 0 Å². The second-order valence-corrected chi connectivity index (χ2v) is 6.55. The molecule has 1 aliphatic rings. The topological polar surface area (TPSA) is 81.1 Å². The number of carbonyl (C=O) groups is 1. The Hall–Kier alpha value is -2.84. The zero-order chi connectivity index (χ0) is 18.8. The molecule has 0 saturated carbocycles. The number of halogens is 1. The summed E-state index contributed by atoms with van der Waals surface area (Å²) in [6.45, 7) is 3.51. The zero-order valence-electron chi connectivity index (χ0n) is 14.9. The number of hydrogen-bond donors (Lipinski definition) is 2. The predicted molar refractivity (Wildman–Crippen MR) is 98.6 cm³/mol. The Morgan fingerprint density at radius 3 is 3.11 bits per heavy atom. The molecule has 140 valence electrons. The minimum atomic E-state index is -0.316.